The van der Waals surface area contributed by atoms with Crippen molar-refractivity contribution in [1.82, 2.24) is 10.2 Å². The van der Waals surface area contributed by atoms with Gasteiger partial charge in [-0.3, -0.25) is 14.8 Å². The molecule has 1 rings (SSSR count). The summed E-state index contributed by atoms with van der Waals surface area (Å²) in [6.07, 6.45) is 1.27. The molecule has 7 heteroatoms. The van der Waals surface area contributed by atoms with Gasteiger partial charge in [-0.05, 0) is 6.92 Å². The van der Waals surface area contributed by atoms with Crippen molar-refractivity contribution >= 4 is 17.7 Å². The van der Waals surface area contributed by atoms with Gasteiger partial charge in [0.25, 0.3) is 0 Å². The Hall–Kier alpha value is -2.05. The van der Waals surface area contributed by atoms with Gasteiger partial charge in [0.15, 0.2) is 0 Å². The standard InChI is InChI=1S/C8H12N4O3/c1-5-6(4-10-11-5)12(8(9)15)3-2-7(13)14/h4H,2-3H2,1H3,(H2,9,15)(H,10,11)(H,13,14). The maximum Gasteiger partial charge on any atom is 0.319 e. The Morgan fingerprint density at radius 3 is 2.73 bits per heavy atom. The van der Waals surface area contributed by atoms with Crippen molar-refractivity contribution in [3.63, 3.8) is 0 Å². The number of nitrogens with zero attached hydrogens (tertiary/aromatic N) is 2. The average molecular weight is 212 g/mol. The van der Waals surface area contributed by atoms with Crippen LogP contribution in [0.25, 0.3) is 0 Å². The summed E-state index contributed by atoms with van der Waals surface area (Å²) in [6.45, 7) is 1.75. The molecule has 1 heterocycles. The fourth-order valence-electron chi connectivity index (χ4n) is 1.17. The lowest BCUT2D eigenvalue weighted by Gasteiger charge is -2.18. The summed E-state index contributed by atoms with van der Waals surface area (Å²) in [7, 11) is 0. The quantitative estimate of drug-likeness (QED) is 0.655. The Morgan fingerprint density at radius 1 is 1.67 bits per heavy atom. The number of H-pyrrole nitrogens is 1. The van der Waals surface area contributed by atoms with Gasteiger partial charge in [0.2, 0.25) is 0 Å². The van der Waals surface area contributed by atoms with Crippen LogP contribution in [-0.4, -0.2) is 33.8 Å². The number of nitrogens with two attached hydrogens (primary N) is 1. The van der Waals surface area contributed by atoms with Crippen molar-refractivity contribution < 1.29 is 14.7 Å². The minimum atomic E-state index is -0.984. The Kier molecular flexibility index (Phi) is 3.27. The van der Waals surface area contributed by atoms with Crippen LogP contribution in [0.1, 0.15) is 12.1 Å². The molecule has 0 fully saturated rings. The minimum absolute atomic E-state index is 0.0328. The van der Waals surface area contributed by atoms with Crippen LogP contribution in [-0.2, 0) is 4.79 Å². The number of urea groups is 1. The molecule has 0 bridgehead atoms. The summed E-state index contributed by atoms with van der Waals surface area (Å²) >= 11 is 0. The van der Waals surface area contributed by atoms with E-state index in [0.717, 1.165) is 0 Å². The second-order valence-electron chi connectivity index (χ2n) is 3.01. The van der Waals surface area contributed by atoms with Crippen molar-refractivity contribution in [3.05, 3.63) is 11.9 Å². The van der Waals surface area contributed by atoms with Gasteiger partial charge in [-0.2, -0.15) is 5.10 Å². The number of aliphatic carboxylic acids is 1. The van der Waals surface area contributed by atoms with E-state index < -0.39 is 12.0 Å². The Bertz CT molecular complexity index is 374. The number of anilines is 1. The van der Waals surface area contributed by atoms with Gasteiger partial charge in [-0.15, -0.1) is 0 Å². The third-order valence-electron chi connectivity index (χ3n) is 1.91. The van der Waals surface area contributed by atoms with E-state index in [1.807, 2.05) is 0 Å². The fraction of sp³-hybridized carbons (Fsp3) is 0.375. The van der Waals surface area contributed by atoms with Crippen molar-refractivity contribution in [1.29, 1.82) is 0 Å². The van der Waals surface area contributed by atoms with Crippen LogP contribution in [0.3, 0.4) is 0 Å². The van der Waals surface area contributed by atoms with Gasteiger partial charge in [0.1, 0.15) is 0 Å². The highest BCUT2D eigenvalue weighted by Gasteiger charge is 2.16. The van der Waals surface area contributed by atoms with E-state index >= 15 is 0 Å². The normalized spacial score (nSPS) is 9.93. The first-order valence-corrected chi connectivity index (χ1v) is 4.31. The number of carbonyl (C=O) groups excluding carboxylic acids is 1. The van der Waals surface area contributed by atoms with E-state index in [9.17, 15) is 9.59 Å². The summed E-state index contributed by atoms with van der Waals surface area (Å²) in [4.78, 5) is 22.6. The molecule has 15 heavy (non-hydrogen) atoms. The molecule has 0 saturated heterocycles. The highest BCUT2D eigenvalue weighted by molar-refractivity contribution is 5.91. The topological polar surface area (TPSA) is 112 Å². The third kappa shape index (κ3) is 2.70. The highest BCUT2D eigenvalue weighted by atomic mass is 16.4. The van der Waals surface area contributed by atoms with Crippen molar-refractivity contribution in [3.8, 4) is 0 Å². The highest BCUT2D eigenvalue weighted by Crippen LogP contribution is 2.16. The molecule has 0 saturated carbocycles. The van der Waals surface area contributed by atoms with Crippen molar-refractivity contribution in [2.45, 2.75) is 13.3 Å². The molecule has 82 valence electrons. The van der Waals surface area contributed by atoms with Crippen LogP contribution in [0, 0.1) is 6.92 Å². The molecule has 7 nitrogen and oxygen atoms in total. The largest absolute Gasteiger partial charge is 0.481 e. The van der Waals surface area contributed by atoms with Crippen LogP contribution >= 0.6 is 0 Å². The maximum atomic E-state index is 11.1. The van der Waals surface area contributed by atoms with E-state index in [1.165, 1.54) is 11.1 Å². The molecule has 4 N–H and O–H groups in total. The molecule has 0 aliphatic carbocycles. The van der Waals surface area contributed by atoms with Crippen LogP contribution < -0.4 is 10.6 Å². The summed E-state index contributed by atoms with van der Waals surface area (Å²) in [6, 6.07) is -0.694. The second kappa shape index (κ2) is 4.45. The van der Waals surface area contributed by atoms with Gasteiger partial charge in [0, 0.05) is 6.54 Å². The van der Waals surface area contributed by atoms with Gasteiger partial charge in [-0.1, -0.05) is 0 Å². The maximum absolute atomic E-state index is 11.1. The molecule has 0 aliphatic heterocycles. The van der Waals surface area contributed by atoms with Crippen LogP contribution in [0.15, 0.2) is 6.20 Å². The summed E-state index contributed by atoms with van der Waals surface area (Å²) < 4.78 is 0. The smallest absolute Gasteiger partial charge is 0.319 e. The number of carboxylic acid groups (broad SMARTS) is 1. The molecule has 2 amide bonds. The lowest BCUT2D eigenvalue weighted by molar-refractivity contribution is -0.136. The predicted octanol–water partition coefficient (Wildman–Crippen LogP) is 0.0779. The summed E-state index contributed by atoms with van der Waals surface area (Å²) in [5.41, 5.74) is 6.30. The van der Waals surface area contributed by atoms with Gasteiger partial charge >= 0.3 is 12.0 Å². The Labute approximate surface area is 85.9 Å². The number of primary amides is 1. The first kappa shape index (κ1) is 11.0. The number of amides is 2. The number of hydrogen-bond donors (Lipinski definition) is 3. The SMILES string of the molecule is Cc1[nH]ncc1N(CCC(=O)O)C(N)=O. The summed E-state index contributed by atoms with van der Waals surface area (Å²) in [5, 5.41) is 14.9. The zero-order valence-corrected chi connectivity index (χ0v) is 8.23. The zero-order chi connectivity index (χ0) is 11.4. The molecule has 0 spiro atoms. The second-order valence-corrected chi connectivity index (χ2v) is 3.01. The zero-order valence-electron chi connectivity index (χ0n) is 8.23. The van der Waals surface area contributed by atoms with Gasteiger partial charge in [-0.25, -0.2) is 4.79 Å². The molecule has 0 unspecified atom stereocenters. The first-order chi connectivity index (χ1) is 7.02. The molecule has 0 radical (unpaired) electrons. The molecule has 1 aromatic heterocycles. The van der Waals surface area contributed by atoms with E-state index in [1.54, 1.807) is 6.92 Å². The number of rotatable bonds is 4. The van der Waals surface area contributed by atoms with Crippen LogP contribution in [0.4, 0.5) is 10.5 Å². The predicted molar refractivity (Wildman–Crippen MR) is 52.5 cm³/mol. The first-order valence-electron chi connectivity index (χ1n) is 4.31. The number of aromatic amines is 1. The van der Waals surface area contributed by atoms with Crippen molar-refractivity contribution in [2.24, 2.45) is 5.73 Å². The summed E-state index contributed by atoms with van der Waals surface area (Å²) in [5.74, 6) is -0.984. The Morgan fingerprint density at radius 2 is 2.33 bits per heavy atom. The number of nitrogens with one attached hydrogen (secondary N) is 1. The van der Waals surface area contributed by atoms with Crippen LogP contribution in [0.5, 0.6) is 0 Å². The molecular formula is C8H12N4O3. The number of carbonyl (C=O) groups is 2. The number of hydrogen-bond acceptors (Lipinski definition) is 3. The van der Waals surface area contributed by atoms with E-state index in [2.05, 4.69) is 10.2 Å². The Balaban J connectivity index is 2.79. The minimum Gasteiger partial charge on any atom is -0.481 e. The van der Waals surface area contributed by atoms with Crippen LogP contribution in [0.2, 0.25) is 0 Å². The van der Waals surface area contributed by atoms with Crippen molar-refractivity contribution in [2.75, 3.05) is 11.4 Å². The molecular weight excluding hydrogens is 200 g/mol. The van der Waals surface area contributed by atoms with Gasteiger partial charge < -0.3 is 10.8 Å². The van der Waals surface area contributed by atoms with E-state index in [4.69, 9.17) is 10.8 Å². The molecule has 1 aromatic rings. The lowest BCUT2D eigenvalue weighted by Crippen LogP contribution is -2.37. The molecule has 0 aromatic carbocycles. The monoisotopic (exact) mass is 212 g/mol. The number of aromatic nitrogens is 2. The van der Waals surface area contributed by atoms with E-state index in [-0.39, 0.29) is 13.0 Å². The molecule has 0 atom stereocenters. The third-order valence-corrected chi connectivity index (χ3v) is 1.91. The van der Waals surface area contributed by atoms with E-state index in [0.29, 0.717) is 11.4 Å². The lowest BCUT2D eigenvalue weighted by atomic mass is 10.3. The fourth-order valence-corrected chi connectivity index (χ4v) is 1.17. The molecule has 0 aliphatic rings. The van der Waals surface area contributed by atoms with Gasteiger partial charge in [0.05, 0.1) is 24.0 Å². The average Bonchev–Trinajstić information content (AvgIpc) is 2.51. The number of aryl methyl sites for hydroxylation is 1. The number of carboxylic acids is 1.